The molecular formula is C20H17N3O2S. The highest BCUT2D eigenvalue weighted by Gasteiger charge is 2.15. The second kappa shape index (κ2) is 7.89. The predicted octanol–water partition coefficient (Wildman–Crippen LogP) is 4.21. The molecule has 5 nitrogen and oxygen atoms in total. The van der Waals surface area contributed by atoms with Gasteiger partial charge in [0.25, 0.3) is 5.91 Å². The molecule has 6 heteroatoms. The summed E-state index contributed by atoms with van der Waals surface area (Å²) in [6.45, 7) is 3.78. The number of benzene rings is 1. The molecule has 0 saturated heterocycles. The highest BCUT2D eigenvalue weighted by molar-refractivity contribution is 7.98. The molecule has 0 radical (unpaired) electrons. The lowest BCUT2D eigenvalue weighted by Crippen LogP contribution is -2.13. The Labute approximate surface area is 156 Å². The van der Waals surface area contributed by atoms with Gasteiger partial charge in [-0.1, -0.05) is 17.1 Å². The van der Waals surface area contributed by atoms with Gasteiger partial charge in [-0.3, -0.25) is 4.79 Å². The van der Waals surface area contributed by atoms with Gasteiger partial charge in [0.05, 0.1) is 11.3 Å². The third-order valence-corrected chi connectivity index (χ3v) is 4.87. The molecule has 130 valence electrons. The van der Waals surface area contributed by atoms with Crippen LogP contribution in [0.15, 0.2) is 52.1 Å². The number of rotatable bonds is 5. The van der Waals surface area contributed by atoms with Crippen molar-refractivity contribution in [1.29, 1.82) is 0 Å². The SMILES string of the molecule is C#Cc1cccc(NC(=O)c2cccnc2SCc2c(C)noc2C)c1. The number of thioether (sulfide) groups is 1. The van der Waals surface area contributed by atoms with Crippen molar-refractivity contribution in [2.45, 2.75) is 24.6 Å². The molecule has 2 aromatic heterocycles. The molecule has 0 aliphatic rings. The Morgan fingerprint density at radius 3 is 2.88 bits per heavy atom. The summed E-state index contributed by atoms with van der Waals surface area (Å²) in [5.41, 5.74) is 3.74. The maximum atomic E-state index is 12.7. The van der Waals surface area contributed by atoms with E-state index < -0.39 is 0 Å². The van der Waals surface area contributed by atoms with E-state index in [1.54, 1.807) is 36.5 Å². The molecule has 0 aliphatic heterocycles. The van der Waals surface area contributed by atoms with Gasteiger partial charge >= 0.3 is 0 Å². The van der Waals surface area contributed by atoms with Crippen molar-refractivity contribution in [3.8, 4) is 12.3 Å². The zero-order valence-corrected chi connectivity index (χ0v) is 15.3. The normalized spacial score (nSPS) is 10.3. The second-order valence-corrected chi connectivity index (χ2v) is 6.59. The number of pyridine rings is 1. The summed E-state index contributed by atoms with van der Waals surface area (Å²) in [4.78, 5) is 17.0. The quantitative estimate of drug-likeness (QED) is 0.543. The van der Waals surface area contributed by atoms with Crippen molar-refractivity contribution in [2.75, 3.05) is 5.32 Å². The Kier molecular flexibility index (Phi) is 5.40. The minimum absolute atomic E-state index is 0.228. The first-order valence-corrected chi connectivity index (χ1v) is 8.94. The van der Waals surface area contributed by atoms with Gasteiger partial charge in [0, 0.05) is 28.8 Å². The first kappa shape index (κ1) is 17.8. The molecule has 1 amide bonds. The molecule has 26 heavy (non-hydrogen) atoms. The number of nitrogens with one attached hydrogen (secondary N) is 1. The van der Waals surface area contributed by atoms with E-state index in [0.717, 1.165) is 17.0 Å². The van der Waals surface area contributed by atoms with Crippen molar-refractivity contribution in [1.82, 2.24) is 10.1 Å². The molecular weight excluding hydrogens is 346 g/mol. The zero-order chi connectivity index (χ0) is 18.5. The molecule has 1 aromatic carbocycles. The standard InChI is InChI=1S/C20H17N3O2S/c1-4-15-7-5-8-16(11-15)22-19(24)17-9-6-10-21-20(17)26-12-18-13(2)23-25-14(18)3/h1,5-11H,12H2,2-3H3,(H,22,24). The minimum Gasteiger partial charge on any atom is -0.361 e. The van der Waals surface area contributed by atoms with E-state index in [0.29, 0.717) is 27.6 Å². The maximum absolute atomic E-state index is 12.7. The predicted molar refractivity (Wildman–Crippen MR) is 102 cm³/mol. The summed E-state index contributed by atoms with van der Waals surface area (Å²) in [6.07, 6.45) is 7.08. The lowest BCUT2D eigenvalue weighted by molar-refractivity contribution is 0.102. The van der Waals surface area contributed by atoms with Crippen molar-refractivity contribution in [2.24, 2.45) is 0 Å². The van der Waals surface area contributed by atoms with E-state index in [9.17, 15) is 4.79 Å². The van der Waals surface area contributed by atoms with Crippen molar-refractivity contribution >= 4 is 23.4 Å². The summed E-state index contributed by atoms with van der Waals surface area (Å²) >= 11 is 1.48. The van der Waals surface area contributed by atoms with Gasteiger partial charge in [-0.2, -0.15) is 0 Å². The Balaban J connectivity index is 1.78. The number of amides is 1. The monoisotopic (exact) mass is 363 g/mol. The van der Waals surface area contributed by atoms with Gasteiger partial charge in [-0.05, 0) is 44.2 Å². The summed E-state index contributed by atoms with van der Waals surface area (Å²) in [7, 11) is 0. The molecule has 0 aliphatic carbocycles. The van der Waals surface area contributed by atoms with E-state index in [4.69, 9.17) is 10.9 Å². The minimum atomic E-state index is -0.228. The van der Waals surface area contributed by atoms with Crippen molar-refractivity contribution in [3.63, 3.8) is 0 Å². The highest BCUT2D eigenvalue weighted by Crippen LogP contribution is 2.27. The maximum Gasteiger partial charge on any atom is 0.258 e. The van der Waals surface area contributed by atoms with Gasteiger partial charge in [-0.15, -0.1) is 18.2 Å². The van der Waals surface area contributed by atoms with Crippen molar-refractivity contribution < 1.29 is 9.32 Å². The Hall–Kier alpha value is -3.04. The van der Waals surface area contributed by atoms with Crippen LogP contribution < -0.4 is 5.32 Å². The average molecular weight is 363 g/mol. The smallest absolute Gasteiger partial charge is 0.258 e. The number of nitrogens with zero attached hydrogens (tertiary/aromatic N) is 2. The number of terminal acetylenes is 1. The molecule has 0 spiro atoms. The number of hydrogen-bond acceptors (Lipinski definition) is 5. The summed E-state index contributed by atoms with van der Waals surface area (Å²) in [5, 5.41) is 7.48. The molecule has 0 bridgehead atoms. The van der Waals surface area contributed by atoms with Crippen LogP contribution in [0, 0.1) is 26.2 Å². The first-order chi connectivity index (χ1) is 12.6. The van der Waals surface area contributed by atoms with Gasteiger partial charge in [0.15, 0.2) is 0 Å². The average Bonchev–Trinajstić information content (AvgIpc) is 2.98. The first-order valence-electron chi connectivity index (χ1n) is 7.96. The van der Waals surface area contributed by atoms with E-state index in [1.165, 1.54) is 11.8 Å². The second-order valence-electron chi connectivity index (χ2n) is 5.63. The molecule has 1 N–H and O–H groups in total. The zero-order valence-electron chi connectivity index (χ0n) is 14.4. The van der Waals surface area contributed by atoms with E-state index >= 15 is 0 Å². The van der Waals surface area contributed by atoms with Crippen LogP contribution in [0.3, 0.4) is 0 Å². The fourth-order valence-electron chi connectivity index (χ4n) is 2.41. The van der Waals surface area contributed by atoms with Crippen molar-refractivity contribution in [3.05, 3.63) is 70.7 Å². The van der Waals surface area contributed by atoms with Crippen LogP contribution in [0.2, 0.25) is 0 Å². The third-order valence-electron chi connectivity index (χ3n) is 3.84. The van der Waals surface area contributed by atoms with Gasteiger partial charge in [-0.25, -0.2) is 4.98 Å². The van der Waals surface area contributed by atoms with Crippen LogP contribution >= 0.6 is 11.8 Å². The number of carbonyl (C=O) groups excluding carboxylic acids is 1. The molecule has 0 saturated carbocycles. The van der Waals surface area contributed by atoms with E-state index in [1.807, 2.05) is 19.9 Å². The fraction of sp³-hybridized carbons (Fsp3) is 0.150. The summed E-state index contributed by atoms with van der Waals surface area (Å²) < 4.78 is 5.18. The topological polar surface area (TPSA) is 68.0 Å². The number of hydrogen-bond donors (Lipinski definition) is 1. The molecule has 2 heterocycles. The van der Waals surface area contributed by atoms with Crippen LogP contribution in [0.4, 0.5) is 5.69 Å². The van der Waals surface area contributed by atoms with Crippen LogP contribution in [0.25, 0.3) is 0 Å². The molecule has 3 rings (SSSR count). The summed E-state index contributed by atoms with van der Waals surface area (Å²) in [5.74, 6) is 3.74. The molecule has 3 aromatic rings. The lowest BCUT2D eigenvalue weighted by atomic mass is 10.2. The third kappa shape index (κ3) is 3.95. The highest BCUT2D eigenvalue weighted by atomic mass is 32.2. The molecule has 0 fully saturated rings. The molecule has 0 unspecified atom stereocenters. The van der Waals surface area contributed by atoms with Crippen LogP contribution in [0.5, 0.6) is 0 Å². The number of aryl methyl sites for hydroxylation is 2. The number of anilines is 1. The van der Waals surface area contributed by atoms with Crippen LogP contribution in [-0.2, 0) is 5.75 Å². The van der Waals surface area contributed by atoms with E-state index in [2.05, 4.69) is 21.4 Å². The molecule has 0 atom stereocenters. The van der Waals surface area contributed by atoms with Gasteiger partial charge in [0.2, 0.25) is 0 Å². The lowest BCUT2D eigenvalue weighted by Gasteiger charge is -2.09. The largest absolute Gasteiger partial charge is 0.361 e. The number of aromatic nitrogens is 2. The Bertz CT molecular complexity index is 969. The van der Waals surface area contributed by atoms with Crippen LogP contribution in [-0.4, -0.2) is 16.0 Å². The van der Waals surface area contributed by atoms with Crippen LogP contribution in [0.1, 0.15) is 32.9 Å². The van der Waals surface area contributed by atoms with Gasteiger partial charge in [0.1, 0.15) is 10.8 Å². The summed E-state index contributed by atoms with van der Waals surface area (Å²) in [6, 6.07) is 10.7. The Morgan fingerprint density at radius 2 is 2.15 bits per heavy atom. The van der Waals surface area contributed by atoms with E-state index in [-0.39, 0.29) is 5.91 Å². The number of carbonyl (C=O) groups is 1. The fourth-order valence-corrected chi connectivity index (χ4v) is 3.56. The Morgan fingerprint density at radius 1 is 1.31 bits per heavy atom. The van der Waals surface area contributed by atoms with Gasteiger partial charge < -0.3 is 9.84 Å².